The molecule has 4 atom stereocenters. The van der Waals surface area contributed by atoms with Gasteiger partial charge in [0.2, 0.25) is 0 Å². The number of rotatable bonds is 3. The Labute approximate surface area is 175 Å². The highest BCUT2D eigenvalue weighted by molar-refractivity contribution is 5.76. The highest BCUT2D eigenvalue weighted by Gasteiger charge is 2.45. The van der Waals surface area contributed by atoms with Gasteiger partial charge in [-0.1, -0.05) is 44.7 Å². The Balaban J connectivity index is 1.29. The molecular formula is C26H37N3. The predicted molar refractivity (Wildman–Crippen MR) is 119 cm³/mol. The molecule has 2 saturated heterocycles. The number of benzene rings is 1. The zero-order valence-corrected chi connectivity index (χ0v) is 18.1. The molecule has 156 valence electrons. The Morgan fingerprint density at radius 2 is 1.48 bits per heavy atom. The van der Waals surface area contributed by atoms with Gasteiger partial charge in [-0.15, -0.1) is 0 Å². The molecule has 0 N–H and O–H groups in total. The minimum absolute atomic E-state index is 0.645. The third-order valence-corrected chi connectivity index (χ3v) is 8.88. The van der Waals surface area contributed by atoms with E-state index in [2.05, 4.69) is 40.7 Å². The van der Waals surface area contributed by atoms with Crippen molar-refractivity contribution in [3.05, 3.63) is 30.1 Å². The molecular weight excluding hydrogens is 354 g/mol. The first-order valence-electron chi connectivity index (χ1n) is 12.5. The van der Waals surface area contributed by atoms with Crippen LogP contribution in [-0.4, -0.2) is 32.6 Å². The zero-order valence-electron chi connectivity index (χ0n) is 18.1. The lowest BCUT2D eigenvalue weighted by atomic mass is 9.68. The minimum Gasteiger partial charge on any atom is -0.325 e. The first kappa shape index (κ1) is 18.4. The van der Waals surface area contributed by atoms with Crippen molar-refractivity contribution in [3.8, 4) is 0 Å². The lowest BCUT2D eigenvalue weighted by Crippen LogP contribution is -2.58. The number of hydrogen-bond donors (Lipinski definition) is 0. The Hall–Kier alpha value is -1.35. The summed E-state index contributed by atoms with van der Waals surface area (Å²) >= 11 is 0. The summed E-state index contributed by atoms with van der Waals surface area (Å²) in [5.41, 5.74) is 2.56. The van der Waals surface area contributed by atoms with Crippen molar-refractivity contribution in [2.24, 2.45) is 11.8 Å². The van der Waals surface area contributed by atoms with Gasteiger partial charge < -0.3 is 4.57 Å². The van der Waals surface area contributed by atoms with Crippen molar-refractivity contribution in [2.75, 3.05) is 0 Å². The van der Waals surface area contributed by atoms with E-state index in [1.54, 1.807) is 6.42 Å². The number of hydrogen-bond acceptors (Lipinski definition) is 2. The van der Waals surface area contributed by atoms with Crippen molar-refractivity contribution in [1.29, 1.82) is 0 Å². The van der Waals surface area contributed by atoms with Gasteiger partial charge in [-0.25, -0.2) is 4.98 Å². The summed E-state index contributed by atoms with van der Waals surface area (Å²) in [6.07, 6.45) is 17.1. The van der Waals surface area contributed by atoms with Gasteiger partial charge in [0, 0.05) is 30.6 Å². The largest absolute Gasteiger partial charge is 0.325 e. The monoisotopic (exact) mass is 391 g/mol. The topological polar surface area (TPSA) is 21.1 Å². The van der Waals surface area contributed by atoms with Crippen molar-refractivity contribution in [3.63, 3.8) is 0 Å². The molecule has 3 heterocycles. The van der Waals surface area contributed by atoms with E-state index in [1.807, 2.05) is 0 Å². The smallest absolute Gasteiger partial charge is 0.109 e. The van der Waals surface area contributed by atoms with Gasteiger partial charge in [0.25, 0.3) is 0 Å². The number of aryl methyl sites for hydroxylation is 1. The molecule has 0 spiro atoms. The summed E-state index contributed by atoms with van der Waals surface area (Å²) in [6, 6.07) is 12.0. The molecule has 4 fully saturated rings. The number of nitrogens with zero attached hydrogens (tertiary/aromatic N) is 3. The average molecular weight is 392 g/mol. The highest BCUT2D eigenvalue weighted by Crippen LogP contribution is 2.47. The van der Waals surface area contributed by atoms with Crippen LogP contribution in [0, 0.1) is 11.8 Å². The second-order valence-corrected chi connectivity index (χ2v) is 10.6. The van der Waals surface area contributed by atoms with E-state index < -0.39 is 0 Å². The van der Waals surface area contributed by atoms with E-state index in [4.69, 9.17) is 4.98 Å². The Morgan fingerprint density at radius 3 is 2.21 bits per heavy atom. The van der Waals surface area contributed by atoms with E-state index in [9.17, 15) is 0 Å². The fraction of sp³-hybridized carbons (Fsp3) is 0.731. The van der Waals surface area contributed by atoms with Crippen LogP contribution in [0.3, 0.4) is 0 Å². The van der Waals surface area contributed by atoms with Gasteiger partial charge in [0.15, 0.2) is 0 Å². The Morgan fingerprint density at radius 1 is 0.793 bits per heavy atom. The second-order valence-electron chi connectivity index (χ2n) is 10.6. The number of piperidine rings is 2. The van der Waals surface area contributed by atoms with Gasteiger partial charge in [0.05, 0.1) is 11.0 Å². The van der Waals surface area contributed by atoms with Gasteiger partial charge in [-0.3, -0.25) is 4.90 Å². The molecule has 4 aliphatic rings. The maximum atomic E-state index is 5.00. The lowest BCUT2D eigenvalue weighted by molar-refractivity contribution is -0.0485. The maximum absolute atomic E-state index is 5.00. The SMILES string of the molecule is CCc1nc2ccccc2n1C1CC2CCCC(C1)N2C1CC2CCCC(C2)C1. The lowest BCUT2D eigenvalue weighted by Gasteiger charge is -2.55. The number of fused-ring (bicyclic) bond motifs is 5. The summed E-state index contributed by atoms with van der Waals surface area (Å²) in [5.74, 6) is 3.38. The molecule has 1 aromatic heterocycles. The normalized spacial score (nSPS) is 37.7. The third kappa shape index (κ3) is 3.15. The van der Waals surface area contributed by atoms with Crippen LogP contribution in [0.25, 0.3) is 11.0 Å². The summed E-state index contributed by atoms with van der Waals surface area (Å²) in [4.78, 5) is 8.08. The third-order valence-electron chi connectivity index (χ3n) is 8.88. The standard InChI is InChI=1S/C26H37N3/c1-2-26-27-24-11-3-4-12-25(24)29(26)23-16-20-9-6-10-21(17-23)28(20)22-14-18-7-5-8-19(13-18)15-22/h3-4,11-12,18-23H,2,5-10,13-17H2,1H3. The van der Waals surface area contributed by atoms with Crippen LogP contribution in [0.5, 0.6) is 0 Å². The zero-order chi connectivity index (χ0) is 19.4. The number of imidazole rings is 1. The van der Waals surface area contributed by atoms with E-state index >= 15 is 0 Å². The summed E-state index contributed by atoms with van der Waals surface area (Å²) in [6.45, 7) is 2.27. The van der Waals surface area contributed by atoms with Gasteiger partial charge >= 0.3 is 0 Å². The number of para-hydroxylation sites is 2. The van der Waals surface area contributed by atoms with Crippen LogP contribution in [-0.2, 0) is 6.42 Å². The quantitative estimate of drug-likeness (QED) is 0.628. The molecule has 2 aliphatic heterocycles. The van der Waals surface area contributed by atoms with Crippen molar-refractivity contribution >= 4 is 11.0 Å². The van der Waals surface area contributed by atoms with Gasteiger partial charge in [0.1, 0.15) is 5.82 Å². The molecule has 3 nitrogen and oxygen atoms in total. The van der Waals surface area contributed by atoms with E-state index in [0.29, 0.717) is 6.04 Å². The minimum atomic E-state index is 0.645. The molecule has 1 aromatic carbocycles. The number of aromatic nitrogens is 2. The van der Waals surface area contributed by atoms with Crippen LogP contribution < -0.4 is 0 Å². The van der Waals surface area contributed by atoms with Crippen LogP contribution in [0.4, 0.5) is 0 Å². The molecule has 0 amide bonds. The van der Waals surface area contributed by atoms with Gasteiger partial charge in [-0.2, -0.15) is 0 Å². The molecule has 29 heavy (non-hydrogen) atoms. The molecule has 4 bridgehead atoms. The van der Waals surface area contributed by atoms with Crippen LogP contribution >= 0.6 is 0 Å². The molecule has 4 unspecified atom stereocenters. The van der Waals surface area contributed by atoms with Gasteiger partial charge in [-0.05, 0) is 68.9 Å². The molecule has 3 heteroatoms. The van der Waals surface area contributed by atoms with Crippen LogP contribution in [0.1, 0.15) is 89.4 Å². The summed E-state index contributed by atoms with van der Waals surface area (Å²) in [5, 5.41) is 0. The molecule has 0 radical (unpaired) electrons. The molecule has 2 aliphatic carbocycles. The van der Waals surface area contributed by atoms with E-state index in [1.165, 1.54) is 81.1 Å². The first-order chi connectivity index (χ1) is 14.3. The van der Waals surface area contributed by atoms with E-state index in [-0.39, 0.29) is 0 Å². The molecule has 2 saturated carbocycles. The van der Waals surface area contributed by atoms with Crippen LogP contribution in [0.2, 0.25) is 0 Å². The fourth-order valence-corrected chi connectivity index (χ4v) is 7.89. The second kappa shape index (κ2) is 7.41. The summed E-state index contributed by atoms with van der Waals surface area (Å²) in [7, 11) is 0. The fourth-order valence-electron chi connectivity index (χ4n) is 7.89. The van der Waals surface area contributed by atoms with Crippen molar-refractivity contribution in [1.82, 2.24) is 14.5 Å². The highest BCUT2D eigenvalue weighted by atomic mass is 15.3. The Bertz CT molecular complexity index is 844. The summed E-state index contributed by atoms with van der Waals surface area (Å²) < 4.78 is 2.65. The Kier molecular flexibility index (Phi) is 4.71. The van der Waals surface area contributed by atoms with Crippen molar-refractivity contribution in [2.45, 2.75) is 108 Å². The average Bonchev–Trinajstić information content (AvgIpc) is 3.11. The molecule has 2 aromatic rings. The van der Waals surface area contributed by atoms with Crippen LogP contribution in [0.15, 0.2) is 24.3 Å². The van der Waals surface area contributed by atoms with E-state index in [0.717, 1.165) is 36.4 Å². The molecule has 6 rings (SSSR count). The van der Waals surface area contributed by atoms with Crippen molar-refractivity contribution < 1.29 is 0 Å². The predicted octanol–water partition coefficient (Wildman–Crippen LogP) is 6.13. The maximum Gasteiger partial charge on any atom is 0.109 e. The first-order valence-corrected chi connectivity index (χ1v) is 12.5.